The summed E-state index contributed by atoms with van der Waals surface area (Å²) in [5.41, 5.74) is -0.0258. The van der Waals surface area contributed by atoms with E-state index in [9.17, 15) is 0 Å². The van der Waals surface area contributed by atoms with E-state index in [1.54, 1.807) is 14.2 Å². The van der Waals surface area contributed by atoms with E-state index in [-0.39, 0.29) is 29.4 Å². The lowest BCUT2D eigenvalue weighted by molar-refractivity contribution is 0.128. The Hall–Kier alpha value is -0.870. The second-order valence-corrected chi connectivity index (χ2v) is 7.55. The van der Waals surface area contributed by atoms with Gasteiger partial charge in [-0.2, -0.15) is 0 Å². The van der Waals surface area contributed by atoms with Gasteiger partial charge in [0.25, 0.3) is 0 Å². The first kappa shape index (κ1) is 23.2. The van der Waals surface area contributed by atoms with Gasteiger partial charge in [0.15, 0.2) is 5.96 Å². The Kier molecular flexibility index (Phi) is 9.88. The molecule has 0 amide bonds. The standard InChI is InChI=1S/C18H33N5O2.HI/c1-18(2,3)15-12-20-16(25-15)13-21-17(19-4)22-14-6-8-23(9-7-14)10-11-24-5;/h12,14H,6-11,13H2,1-5H3,(H2,19,21,22);1H. The number of nitrogens with one attached hydrogen (secondary N) is 2. The lowest BCUT2D eigenvalue weighted by Gasteiger charge is -2.32. The van der Waals surface area contributed by atoms with E-state index in [4.69, 9.17) is 9.15 Å². The third kappa shape index (κ3) is 7.40. The summed E-state index contributed by atoms with van der Waals surface area (Å²) >= 11 is 0. The molecule has 0 spiro atoms. The summed E-state index contributed by atoms with van der Waals surface area (Å²) in [6.45, 7) is 10.9. The molecule has 150 valence electrons. The largest absolute Gasteiger partial charge is 0.443 e. The van der Waals surface area contributed by atoms with Gasteiger partial charge < -0.3 is 24.7 Å². The van der Waals surface area contributed by atoms with E-state index in [0.717, 1.165) is 50.8 Å². The average Bonchev–Trinajstić information content (AvgIpc) is 3.07. The van der Waals surface area contributed by atoms with E-state index in [1.807, 2.05) is 6.20 Å². The van der Waals surface area contributed by atoms with Gasteiger partial charge in [-0.3, -0.25) is 4.99 Å². The molecule has 0 aliphatic carbocycles. The maximum absolute atomic E-state index is 5.81. The average molecular weight is 479 g/mol. The van der Waals surface area contributed by atoms with Crippen molar-refractivity contribution in [1.82, 2.24) is 20.5 Å². The van der Waals surface area contributed by atoms with Crippen LogP contribution in [0.5, 0.6) is 0 Å². The summed E-state index contributed by atoms with van der Waals surface area (Å²) in [5, 5.41) is 6.79. The third-order valence-electron chi connectivity index (χ3n) is 4.46. The minimum absolute atomic E-state index is 0. The van der Waals surface area contributed by atoms with E-state index < -0.39 is 0 Å². The van der Waals surface area contributed by atoms with Crippen LogP contribution >= 0.6 is 24.0 Å². The van der Waals surface area contributed by atoms with Crippen LogP contribution in [0.1, 0.15) is 45.3 Å². The molecule has 1 aliphatic heterocycles. The van der Waals surface area contributed by atoms with Gasteiger partial charge in [-0.15, -0.1) is 24.0 Å². The number of ether oxygens (including phenoxy) is 1. The van der Waals surface area contributed by atoms with Crippen molar-refractivity contribution in [2.45, 2.75) is 51.6 Å². The molecule has 1 aliphatic rings. The van der Waals surface area contributed by atoms with Gasteiger partial charge in [0.05, 0.1) is 19.3 Å². The van der Waals surface area contributed by atoms with Crippen molar-refractivity contribution >= 4 is 29.9 Å². The molecule has 2 N–H and O–H groups in total. The van der Waals surface area contributed by atoms with Crippen molar-refractivity contribution in [3.8, 4) is 0 Å². The summed E-state index contributed by atoms with van der Waals surface area (Å²) in [4.78, 5) is 11.1. The van der Waals surface area contributed by atoms with Crippen LogP contribution in [-0.4, -0.2) is 62.3 Å². The summed E-state index contributed by atoms with van der Waals surface area (Å²) in [5.74, 6) is 2.38. The van der Waals surface area contributed by atoms with Gasteiger partial charge in [-0.25, -0.2) is 4.98 Å². The number of oxazole rings is 1. The molecular weight excluding hydrogens is 445 g/mol. The zero-order valence-electron chi connectivity index (χ0n) is 16.7. The number of nitrogens with zero attached hydrogens (tertiary/aromatic N) is 3. The van der Waals surface area contributed by atoms with Crippen molar-refractivity contribution in [2.24, 2.45) is 4.99 Å². The summed E-state index contributed by atoms with van der Waals surface area (Å²) in [6.07, 6.45) is 4.03. The van der Waals surface area contributed by atoms with E-state index in [0.29, 0.717) is 18.5 Å². The fourth-order valence-corrected chi connectivity index (χ4v) is 2.81. The van der Waals surface area contributed by atoms with Crippen molar-refractivity contribution in [3.05, 3.63) is 17.8 Å². The molecule has 1 aromatic heterocycles. The molecule has 2 rings (SSSR count). The van der Waals surface area contributed by atoms with Crippen LogP contribution in [-0.2, 0) is 16.7 Å². The Balaban J connectivity index is 0.00000338. The fourth-order valence-electron chi connectivity index (χ4n) is 2.81. The van der Waals surface area contributed by atoms with Crippen molar-refractivity contribution < 1.29 is 9.15 Å². The molecule has 1 saturated heterocycles. The topological polar surface area (TPSA) is 74.9 Å². The van der Waals surface area contributed by atoms with Crippen LogP contribution in [0.4, 0.5) is 0 Å². The van der Waals surface area contributed by atoms with Gasteiger partial charge in [0.1, 0.15) is 5.76 Å². The fraction of sp³-hybridized carbons (Fsp3) is 0.778. The number of likely N-dealkylation sites (tertiary alicyclic amines) is 1. The van der Waals surface area contributed by atoms with Gasteiger partial charge in [-0.1, -0.05) is 20.8 Å². The number of methoxy groups -OCH3 is 1. The number of aliphatic imine (C=N–C) groups is 1. The van der Waals surface area contributed by atoms with Crippen molar-refractivity contribution in [2.75, 3.05) is 40.4 Å². The Bertz CT molecular complexity index is 548. The Morgan fingerprint density at radius 2 is 2.08 bits per heavy atom. The van der Waals surface area contributed by atoms with Crippen LogP contribution in [0.3, 0.4) is 0 Å². The number of hydrogen-bond acceptors (Lipinski definition) is 5. The highest BCUT2D eigenvalue weighted by Crippen LogP contribution is 2.22. The van der Waals surface area contributed by atoms with Crippen molar-refractivity contribution in [3.63, 3.8) is 0 Å². The minimum Gasteiger partial charge on any atom is -0.443 e. The summed E-state index contributed by atoms with van der Waals surface area (Å²) in [6, 6.07) is 0.444. The molecular formula is C18H34IN5O2. The highest BCUT2D eigenvalue weighted by Gasteiger charge is 2.21. The molecule has 0 radical (unpaired) electrons. The van der Waals surface area contributed by atoms with Crippen LogP contribution in [0.15, 0.2) is 15.6 Å². The second-order valence-electron chi connectivity index (χ2n) is 7.55. The molecule has 0 saturated carbocycles. The highest BCUT2D eigenvalue weighted by atomic mass is 127. The van der Waals surface area contributed by atoms with Crippen LogP contribution in [0.25, 0.3) is 0 Å². The van der Waals surface area contributed by atoms with Gasteiger partial charge >= 0.3 is 0 Å². The first-order chi connectivity index (χ1) is 11.9. The third-order valence-corrected chi connectivity index (χ3v) is 4.46. The molecule has 1 aromatic rings. The SMILES string of the molecule is CN=C(NCc1ncc(C(C)(C)C)o1)NC1CCN(CCOC)CC1.I. The molecule has 0 unspecified atom stereocenters. The molecule has 0 bridgehead atoms. The van der Waals surface area contributed by atoms with Crippen LogP contribution < -0.4 is 10.6 Å². The molecule has 26 heavy (non-hydrogen) atoms. The number of hydrogen-bond donors (Lipinski definition) is 2. The molecule has 7 nitrogen and oxygen atoms in total. The highest BCUT2D eigenvalue weighted by molar-refractivity contribution is 14.0. The predicted octanol–water partition coefficient (Wildman–Crippen LogP) is 2.37. The number of aromatic nitrogens is 1. The number of rotatable bonds is 6. The van der Waals surface area contributed by atoms with Crippen LogP contribution in [0.2, 0.25) is 0 Å². The lowest BCUT2D eigenvalue weighted by Crippen LogP contribution is -2.48. The first-order valence-corrected chi connectivity index (χ1v) is 9.06. The number of halogens is 1. The van der Waals surface area contributed by atoms with E-state index in [1.165, 1.54) is 0 Å². The van der Waals surface area contributed by atoms with Gasteiger partial charge in [-0.05, 0) is 12.8 Å². The van der Waals surface area contributed by atoms with Gasteiger partial charge in [0.2, 0.25) is 5.89 Å². The quantitative estimate of drug-likeness (QED) is 0.371. The molecule has 1 fully saturated rings. The maximum Gasteiger partial charge on any atom is 0.213 e. The maximum atomic E-state index is 5.81. The molecule has 0 atom stereocenters. The van der Waals surface area contributed by atoms with Crippen LogP contribution in [0, 0.1) is 0 Å². The Morgan fingerprint density at radius 3 is 2.62 bits per heavy atom. The summed E-state index contributed by atoms with van der Waals surface area (Å²) < 4.78 is 11.0. The minimum atomic E-state index is -0.0258. The zero-order chi connectivity index (χ0) is 18.3. The second kappa shape index (κ2) is 11.1. The normalized spacial score (nSPS) is 17.0. The molecule has 0 aromatic carbocycles. The predicted molar refractivity (Wildman–Crippen MR) is 115 cm³/mol. The monoisotopic (exact) mass is 479 g/mol. The van der Waals surface area contributed by atoms with Gasteiger partial charge in [0, 0.05) is 45.2 Å². The smallest absolute Gasteiger partial charge is 0.213 e. The molecule has 2 heterocycles. The zero-order valence-corrected chi connectivity index (χ0v) is 19.0. The number of piperidine rings is 1. The first-order valence-electron chi connectivity index (χ1n) is 9.06. The number of guanidine groups is 1. The molecule has 8 heteroatoms. The van der Waals surface area contributed by atoms with E-state index >= 15 is 0 Å². The van der Waals surface area contributed by atoms with Crippen molar-refractivity contribution in [1.29, 1.82) is 0 Å². The van der Waals surface area contributed by atoms with E-state index in [2.05, 4.69) is 46.3 Å². The Labute approximate surface area is 174 Å². The summed E-state index contributed by atoms with van der Waals surface area (Å²) in [7, 11) is 3.54. The lowest BCUT2D eigenvalue weighted by atomic mass is 9.94. The Morgan fingerprint density at radius 1 is 1.38 bits per heavy atom.